The maximum Gasteiger partial charge on any atom is 0.274 e. The van der Waals surface area contributed by atoms with E-state index in [1.807, 2.05) is 32.9 Å². The number of benzene rings is 1. The first-order valence-corrected chi connectivity index (χ1v) is 11.3. The largest absolute Gasteiger partial charge is 0.494 e. The number of carbonyl (C=O) groups is 1. The topological polar surface area (TPSA) is 68.2 Å². The fourth-order valence-electron chi connectivity index (χ4n) is 4.21. The van der Waals surface area contributed by atoms with Crippen molar-refractivity contribution < 1.29 is 13.9 Å². The Kier molecular flexibility index (Phi) is 7.57. The Morgan fingerprint density at radius 3 is 2.61 bits per heavy atom. The van der Waals surface area contributed by atoms with Gasteiger partial charge in [0.25, 0.3) is 5.91 Å². The number of hydrogen-bond acceptors (Lipinski definition) is 4. The van der Waals surface area contributed by atoms with E-state index in [0.717, 1.165) is 24.4 Å². The lowest BCUT2D eigenvalue weighted by molar-refractivity contribution is 0.0932. The molecule has 6 nitrogen and oxygen atoms in total. The second-order valence-corrected chi connectivity index (χ2v) is 8.88. The summed E-state index contributed by atoms with van der Waals surface area (Å²) < 4.78 is 22.3. The molecule has 3 rings (SSSR count). The third-order valence-corrected chi connectivity index (χ3v) is 5.98. The molecule has 0 aliphatic heterocycles. The minimum atomic E-state index is -0.658. The number of hydrogen-bond donors (Lipinski definition) is 2. The van der Waals surface area contributed by atoms with Crippen LogP contribution in [0.2, 0.25) is 0 Å². The Morgan fingerprint density at radius 2 is 2.00 bits per heavy atom. The maximum atomic E-state index is 15.4. The molecular weight excluding hydrogens is 395 g/mol. The normalized spacial score (nSPS) is 18.8. The summed E-state index contributed by atoms with van der Waals surface area (Å²) in [6.07, 6.45) is 5.06. The van der Waals surface area contributed by atoms with Crippen LogP contribution in [0.25, 0.3) is 5.69 Å². The Bertz CT molecular complexity index is 901. The summed E-state index contributed by atoms with van der Waals surface area (Å²) in [5.41, 5.74) is 1.25. The molecule has 1 heterocycles. The zero-order valence-electron chi connectivity index (χ0n) is 19.3. The summed E-state index contributed by atoms with van der Waals surface area (Å²) in [7, 11) is 1.55. The van der Waals surface area contributed by atoms with E-state index in [-0.39, 0.29) is 11.7 Å². The molecule has 0 unspecified atom stereocenters. The van der Waals surface area contributed by atoms with Gasteiger partial charge < -0.3 is 15.4 Å². The minimum absolute atomic E-state index is 0.160. The van der Waals surface area contributed by atoms with Crippen LogP contribution in [0.3, 0.4) is 0 Å². The van der Waals surface area contributed by atoms with E-state index < -0.39 is 11.9 Å². The summed E-state index contributed by atoms with van der Waals surface area (Å²) in [4.78, 5) is 17.1. The van der Waals surface area contributed by atoms with Crippen LogP contribution in [0.15, 0.2) is 18.2 Å². The number of nitrogens with zero attached hydrogens (tertiary/aromatic N) is 2. The van der Waals surface area contributed by atoms with Gasteiger partial charge in [-0.05, 0) is 50.7 Å². The predicted octanol–water partition coefficient (Wildman–Crippen LogP) is 4.96. The van der Waals surface area contributed by atoms with Crippen LogP contribution < -0.4 is 15.4 Å². The van der Waals surface area contributed by atoms with Crippen molar-refractivity contribution in [2.24, 2.45) is 11.8 Å². The summed E-state index contributed by atoms with van der Waals surface area (Å²) in [6.45, 7) is 8.82. The van der Waals surface area contributed by atoms with Gasteiger partial charge in [-0.3, -0.25) is 9.36 Å². The highest BCUT2D eigenvalue weighted by Crippen LogP contribution is 2.31. The molecule has 1 aliphatic carbocycles. The monoisotopic (exact) mass is 430 g/mol. The van der Waals surface area contributed by atoms with Crippen LogP contribution in [0.4, 0.5) is 10.1 Å². The van der Waals surface area contributed by atoms with Crippen molar-refractivity contribution in [2.45, 2.75) is 65.8 Å². The molecule has 1 fully saturated rings. The van der Waals surface area contributed by atoms with E-state index in [0.29, 0.717) is 36.1 Å². The standard InChI is InChI=1S/C24H35FN4O2/c1-6-21-28-22(24(30)26-14-17-9-7-16(4)8-10-17)23(25)29(21)19-12-11-18(27-15(2)3)13-20(19)31-5/h11-13,15-17,27H,6-10,14H2,1-5H3,(H,26,30). The van der Waals surface area contributed by atoms with Gasteiger partial charge in [0, 0.05) is 30.8 Å². The molecular formula is C24H35FN4O2. The van der Waals surface area contributed by atoms with Crippen molar-refractivity contribution >= 4 is 11.6 Å². The quantitative estimate of drug-likeness (QED) is 0.621. The first-order valence-electron chi connectivity index (χ1n) is 11.3. The number of aryl methyl sites for hydroxylation is 1. The molecule has 0 bridgehead atoms. The summed E-state index contributed by atoms with van der Waals surface area (Å²) >= 11 is 0. The SMILES string of the molecule is CCc1nc(C(=O)NCC2CCC(C)CC2)c(F)n1-c1ccc(NC(C)C)cc1OC. The van der Waals surface area contributed by atoms with Crippen molar-refractivity contribution in [1.29, 1.82) is 0 Å². The van der Waals surface area contributed by atoms with Gasteiger partial charge in [0.15, 0.2) is 5.69 Å². The maximum absolute atomic E-state index is 15.4. The second-order valence-electron chi connectivity index (χ2n) is 8.88. The molecule has 170 valence electrons. The molecule has 0 atom stereocenters. The van der Waals surface area contributed by atoms with Crippen molar-refractivity contribution in [1.82, 2.24) is 14.9 Å². The van der Waals surface area contributed by atoms with E-state index in [9.17, 15) is 4.79 Å². The first-order chi connectivity index (χ1) is 14.8. The molecule has 31 heavy (non-hydrogen) atoms. The van der Waals surface area contributed by atoms with E-state index >= 15 is 4.39 Å². The number of ether oxygens (including phenoxy) is 1. The molecule has 1 aromatic carbocycles. The van der Waals surface area contributed by atoms with Gasteiger partial charge in [0.1, 0.15) is 11.6 Å². The molecule has 1 saturated carbocycles. The number of nitrogens with one attached hydrogen (secondary N) is 2. The number of aromatic nitrogens is 2. The van der Waals surface area contributed by atoms with Gasteiger partial charge in [-0.2, -0.15) is 4.39 Å². The summed E-state index contributed by atoms with van der Waals surface area (Å²) in [5, 5.41) is 6.22. The van der Waals surface area contributed by atoms with E-state index in [1.54, 1.807) is 13.2 Å². The van der Waals surface area contributed by atoms with Crippen LogP contribution in [-0.4, -0.2) is 35.2 Å². The van der Waals surface area contributed by atoms with E-state index in [2.05, 4.69) is 22.5 Å². The zero-order chi connectivity index (χ0) is 22.5. The van der Waals surface area contributed by atoms with Gasteiger partial charge in [0.2, 0.25) is 5.95 Å². The number of imidazole rings is 1. The number of carbonyl (C=O) groups excluding carboxylic acids is 1. The fourth-order valence-corrected chi connectivity index (χ4v) is 4.21. The average Bonchev–Trinajstić information content (AvgIpc) is 3.08. The van der Waals surface area contributed by atoms with Gasteiger partial charge >= 0.3 is 0 Å². The van der Waals surface area contributed by atoms with E-state index in [4.69, 9.17) is 4.74 Å². The van der Waals surface area contributed by atoms with Crippen molar-refractivity contribution in [3.05, 3.63) is 35.7 Å². The molecule has 1 aromatic heterocycles. The Balaban J connectivity index is 1.83. The summed E-state index contributed by atoms with van der Waals surface area (Å²) in [5.74, 6) is 1.09. The van der Waals surface area contributed by atoms with Crippen molar-refractivity contribution in [3.8, 4) is 11.4 Å². The number of anilines is 1. The zero-order valence-corrected chi connectivity index (χ0v) is 19.3. The fraction of sp³-hybridized carbons (Fsp3) is 0.583. The molecule has 2 aromatic rings. The van der Waals surface area contributed by atoms with Crippen LogP contribution >= 0.6 is 0 Å². The first kappa shape index (κ1) is 23.1. The van der Waals surface area contributed by atoms with Crippen LogP contribution in [0, 0.1) is 17.8 Å². The van der Waals surface area contributed by atoms with Gasteiger partial charge in [-0.1, -0.05) is 26.7 Å². The van der Waals surface area contributed by atoms with Gasteiger partial charge in [0.05, 0.1) is 12.8 Å². The molecule has 0 saturated heterocycles. The second kappa shape index (κ2) is 10.2. The van der Waals surface area contributed by atoms with Crippen LogP contribution in [0.1, 0.15) is 69.7 Å². The minimum Gasteiger partial charge on any atom is -0.494 e. The molecule has 0 radical (unpaired) electrons. The Hall–Kier alpha value is -2.57. The molecule has 7 heteroatoms. The molecule has 1 amide bonds. The number of halogens is 1. The highest BCUT2D eigenvalue weighted by Gasteiger charge is 2.26. The lowest BCUT2D eigenvalue weighted by Gasteiger charge is -2.26. The van der Waals surface area contributed by atoms with Crippen LogP contribution in [-0.2, 0) is 6.42 Å². The third kappa shape index (κ3) is 5.38. The third-order valence-electron chi connectivity index (χ3n) is 5.98. The van der Waals surface area contributed by atoms with E-state index in [1.165, 1.54) is 17.4 Å². The Morgan fingerprint density at radius 1 is 1.29 bits per heavy atom. The molecule has 0 spiro atoms. The van der Waals surface area contributed by atoms with Gasteiger partial charge in [-0.25, -0.2) is 4.98 Å². The van der Waals surface area contributed by atoms with Crippen molar-refractivity contribution in [3.63, 3.8) is 0 Å². The molecule has 2 N–H and O–H groups in total. The highest BCUT2D eigenvalue weighted by molar-refractivity contribution is 5.92. The Labute approximate surface area is 184 Å². The lowest BCUT2D eigenvalue weighted by Crippen LogP contribution is -2.31. The summed E-state index contributed by atoms with van der Waals surface area (Å²) in [6, 6.07) is 5.76. The smallest absolute Gasteiger partial charge is 0.274 e. The average molecular weight is 431 g/mol. The number of methoxy groups -OCH3 is 1. The number of amides is 1. The predicted molar refractivity (Wildman–Crippen MR) is 122 cm³/mol. The van der Waals surface area contributed by atoms with Gasteiger partial charge in [-0.15, -0.1) is 0 Å². The molecule has 1 aliphatic rings. The highest BCUT2D eigenvalue weighted by atomic mass is 19.1. The van der Waals surface area contributed by atoms with Crippen LogP contribution in [0.5, 0.6) is 5.75 Å². The number of rotatable bonds is 8. The van der Waals surface area contributed by atoms with Crippen molar-refractivity contribution in [2.75, 3.05) is 19.0 Å². The lowest BCUT2D eigenvalue weighted by atomic mass is 9.83.